The molecule has 0 unspecified atom stereocenters. The van der Waals surface area contributed by atoms with Crippen LogP contribution in [0.1, 0.15) is 5.69 Å². The molecule has 2 aromatic heterocycles. The summed E-state index contributed by atoms with van der Waals surface area (Å²) in [6, 6.07) is 7.12. The van der Waals surface area contributed by atoms with Crippen molar-refractivity contribution < 1.29 is 4.42 Å². The van der Waals surface area contributed by atoms with Gasteiger partial charge in [-0.2, -0.15) is 10.2 Å². The van der Waals surface area contributed by atoms with E-state index in [1.54, 1.807) is 24.4 Å². The molecule has 0 N–H and O–H groups in total. The van der Waals surface area contributed by atoms with Crippen molar-refractivity contribution in [3.63, 3.8) is 0 Å². The largest absolute Gasteiger partial charge is 0.422 e. The second kappa shape index (κ2) is 3.48. The third kappa shape index (κ3) is 1.45. The van der Waals surface area contributed by atoms with Gasteiger partial charge < -0.3 is 4.42 Å². The molecule has 0 aliphatic rings. The topological polar surface area (TPSA) is 62.7 Å². The van der Waals surface area contributed by atoms with Gasteiger partial charge in [0, 0.05) is 6.20 Å². The zero-order chi connectivity index (χ0) is 9.97. The standard InChI is InChI=1S/C9H4ClN3O/c10-8-7(5-11)13-9(14-8)6-3-1-2-4-12-6/h1-4H. The lowest BCUT2D eigenvalue weighted by Gasteiger charge is -1.90. The van der Waals surface area contributed by atoms with Crippen LogP contribution >= 0.6 is 11.6 Å². The van der Waals surface area contributed by atoms with Gasteiger partial charge in [0.15, 0.2) is 5.69 Å². The van der Waals surface area contributed by atoms with Crippen molar-refractivity contribution in [3.05, 3.63) is 35.3 Å². The van der Waals surface area contributed by atoms with Crippen molar-refractivity contribution in [1.29, 1.82) is 5.26 Å². The first-order valence-corrected chi connectivity index (χ1v) is 4.17. The fraction of sp³-hybridized carbons (Fsp3) is 0. The van der Waals surface area contributed by atoms with Gasteiger partial charge in [-0.05, 0) is 23.7 Å². The first-order chi connectivity index (χ1) is 6.81. The SMILES string of the molecule is N#Cc1nc(-c2ccccn2)oc1Cl. The van der Waals surface area contributed by atoms with Crippen molar-refractivity contribution in [3.8, 4) is 17.7 Å². The molecule has 0 atom stereocenters. The van der Waals surface area contributed by atoms with Gasteiger partial charge in [0.1, 0.15) is 11.8 Å². The predicted octanol–water partition coefficient (Wildman–Crippen LogP) is 2.26. The number of halogens is 1. The molecular weight excluding hydrogens is 202 g/mol. The number of hydrogen-bond acceptors (Lipinski definition) is 4. The molecule has 0 aliphatic heterocycles. The lowest BCUT2D eigenvalue weighted by Crippen LogP contribution is -1.81. The van der Waals surface area contributed by atoms with Gasteiger partial charge in [0.25, 0.3) is 0 Å². The third-order valence-corrected chi connectivity index (χ3v) is 1.83. The average molecular weight is 206 g/mol. The second-order valence-corrected chi connectivity index (χ2v) is 2.81. The molecular formula is C9H4ClN3O. The van der Waals surface area contributed by atoms with E-state index in [4.69, 9.17) is 21.3 Å². The smallest absolute Gasteiger partial charge is 0.248 e. The quantitative estimate of drug-likeness (QED) is 0.717. The molecule has 2 aromatic rings. The molecule has 0 aromatic carbocycles. The summed E-state index contributed by atoms with van der Waals surface area (Å²) in [6.45, 7) is 0. The molecule has 0 bridgehead atoms. The van der Waals surface area contributed by atoms with E-state index in [9.17, 15) is 0 Å². The van der Waals surface area contributed by atoms with Crippen LogP contribution in [0.15, 0.2) is 28.8 Å². The summed E-state index contributed by atoms with van der Waals surface area (Å²) >= 11 is 5.62. The van der Waals surface area contributed by atoms with Crippen LogP contribution in [0.2, 0.25) is 5.22 Å². The molecule has 0 aliphatic carbocycles. The molecule has 0 radical (unpaired) electrons. The highest BCUT2D eigenvalue weighted by Crippen LogP contribution is 2.22. The van der Waals surface area contributed by atoms with Gasteiger partial charge in [0.2, 0.25) is 11.1 Å². The number of oxazole rings is 1. The highest BCUT2D eigenvalue weighted by molar-refractivity contribution is 6.29. The minimum atomic E-state index is -0.00634. The highest BCUT2D eigenvalue weighted by atomic mass is 35.5. The van der Waals surface area contributed by atoms with E-state index in [1.807, 2.05) is 6.07 Å². The number of rotatable bonds is 1. The summed E-state index contributed by atoms with van der Waals surface area (Å²) in [7, 11) is 0. The molecule has 14 heavy (non-hydrogen) atoms. The first-order valence-electron chi connectivity index (χ1n) is 3.79. The molecule has 0 spiro atoms. The zero-order valence-corrected chi connectivity index (χ0v) is 7.69. The van der Waals surface area contributed by atoms with Gasteiger partial charge in [-0.15, -0.1) is 0 Å². The summed E-state index contributed by atoms with van der Waals surface area (Å²) in [5, 5.41) is 8.59. The van der Waals surface area contributed by atoms with Crippen LogP contribution < -0.4 is 0 Å². The van der Waals surface area contributed by atoms with E-state index in [1.165, 1.54) is 0 Å². The first kappa shape index (κ1) is 8.73. The molecule has 2 heterocycles. The van der Waals surface area contributed by atoms with E-state index in [2.05, 4.69) is 9.97 Å². The normalized spacial score (nSPS) is 9.71. The Balaban J connectivity index is 2.50. The Morgan fingerprint density at radius 2 is 2.29 bits per heavy atom. The third-order valence-electron chi connectivity index (χ3n) is 1.58. The Bertz CT molecular complexity index is 487. The number of aromatic nitrogens is 2. The molecule has 4 nitrogen and oxygen atoms in total. The summed E-state index contributed by atoms with van der Waals surface area (Å²) < 4.78 is 5.06. The van der Waals surface area contributed by atoms with Crippen molar-refractivity contribution >= 4 is 11.6 Å². The van der Waals surface area contributed by atoms with Gasteiger partial charge >= 0.3 is 0 Å². The average Bonchev–Trinajstić information content (AvgIpc) is 2.61. The summed E-state index contributed by atoms with van der Waals surface area (Å²) in [6.07, 6.45) is 1.61. The van der Waals surface area contributed by atoms with E-state index in [0.717, 1.165) is 0 Å². The lowest BCUT2D eigenvalue weighted by molar-refractivity contribution is 0.573. The number of pyridine rings is 1. The van der Waals surface area contributed by atoms with Gasteiger partial charge in [0.05, 0.1) is 0 Å². The summed E-state index contributed by atoms with van der Waals surface area (Å²) in [5.74, 6) is 0.257. The fourth-order valence-corrected chi connectivity index (χ4v) is 1.13. The number of hydrogen-bond donors (Lipinski definition) is 0. The highest BCUT2D eigenvalue weighted by Gasteiger charge is 2.12. The Morgan fingerprint density at radius 1 is 1.43 bits per heavy atom. The molecule has 0 amide bonds. The molecule has 5 heteroatoms. The fourth-order valence-electron chi connectivity index (χ4n) is 0.969. The van der Waals surface area contributed by atoms with Crippen LogP contribution in [0, 0.1) is 11.3 Å². The van der Waals surface area contributed by atoms with E-state index in [-0.39, 0.29) is 16.8 Å². The van der Waals surface area contributed by atoms with Crippen LogP contribution in [0.4, 0.5) is 0 Å². The van der Waals surface area contributed by atoms with Crippen LogP contribution in [-0.2, 0) is 0 Å². The van der Waals surface area contributed by atoms with Crippen LogP contribution in [-0.4, -0.2) is 9.97 Å². The van der Waals surface area contributed by atoms with E-state index >= 15 is 0 Å². The monoisotopic (exact) mass is 205 g/mol. The van der Waals surface area contributed by atoms with Crippen molar-refractivity contribution in [2.24, 2.45) is 0 Å². The van der Waals surface area contributed by atoms with Gasteiger partial charge in [-0.25, -0.2) is 0 Å². The Labute approximate surface area is 84.8 Å². The summed E-state index contributed by atoms with van der Waals surface area (Å²) in [5.41, 5.74) is 0.628. The maximum Gasteiger partial charge on any atom is 0.248 e. The summed E-state index contributed by atoms with van der Waals surface area (Å²) in [4.78, 5) is 7.89. The van der Waals surface area contributed by atoms with Gasteiger partial charge in [-0.3, -0.25) is 4.98 Å². The lowest BCUT2D eigenvalue weighted by atomic mass is 10.3. The Kier molecular flexibility index (Phi) is 2.17. The molecule has 68 valence electrons. The predicted molar refractivity (Wildman–Crippen MR) is 49.5 cm³/mol. The maximum atomic E-state index is 8.60. The van der Waals surface area contributed by atoms with Crippen molar-refractivity contribution in [2.75, 3.05) is 0 Å². The van der Waals surface area contributed by atoms with E-state index < -0.39 is 0 Å². The zero-order valence-electron chi connectivity index (χ0n) is 6.94. The van der Waals surface area contributed by atoms with Crippen LogP contribution in [0.25, 0.3) is 11.6 Å². The molecule has 2 rings (SSSR count). The van der Waals surface area contributed by atoms with Crippen molar-refractivity contribution in [1.82, 2.24) is 9.97 Å². The Hall–Kier alpha value is -1.86. The second-order valence-electron chi connectivity index (χ2n) is 2.47. The minimum absolute atomic E-state index is 0.00634. The molecule has 0 saturated heterocycles. The van der Waals surface area contributed by atoms with Crippen LogP contribution in [0.3, 0.4) is 0 Å². The van der Waals surface area contributed by atoms with E-state index in [0.29, 0.717) is 5.69 Å². The molecule has 0 fully saturated rings. The van der Waals surface area contributed by atoms with Crippen LogP contribution in [0.5, 0.6) is 0 Å². The molecule has 0 saturated carbocycles. The van der Waals surface area contributed by atoms with Crippen molar-refractivity contribution in [2.45, 2.75) is 0 Å². The minimum Gasteiger partial charge on any atom is -0.422 e. The number of nitriles is 1. The number of nitrogens with zero attached hydrogens (tertiary/aromatic N) is 3. The Morgan fingerprint density at radius 3 is 2.86 bits per heavy atom. The maximum absolute atomic E-state index is 8.60. The van der Waals surface area contributed by atoms with Gasteiger partial charge in [-0.1, -0.05) is 6.07 Å².